The fraction of sp³-hybridized carbons (Fsp3) is 0.231. The average Bonchev–Trinajstić information content (AvgIpc) is 2.89. The number of rotatable bonds is 4. The number of hydrogen-bond acceptors (Lipinski definition) is 5. The first-order chi connectivity index (χ1) is 9.15. The van der Waals surface area contributed by atoms with Gasteiger partial charge in [0.2, 0.25) is 0 Å². The highest BCUT2D eigenvalue weighted by atomic mass is 16.5. The maximum Gasteiger partial charge on any atom is 0.341 e. The van der Waals surface area contributed by atoms with E-state index in [0.717, 1.165) is 0 Å². The van der Waals surface area contributed by atoms with Crippen LogP contribution >= 0.6 is 0 Å². The summed E-state index contributed by atoms with van der Waals surface area (Å²) in [5.41, 5.74) is 7.46. The van der Waals surface area contributed by atoms with E-state index in [1.807, 2.05) is 0 Å². The molecular formula is C13H15N3O3. The normalized spacial score (nSPS) is 10.2. The summed E-state index contributed by atoms with van der Waals surface area (Å²) >= 11 is 0. The summed E-state index contributed by atoms with van der Waals surface area (Å²) < 4.78 is 11.6. The van der Waals surface area contributed by atoms with Crippen LogP contribution in [0.1, 0.15) is 17.3 Å². The molecule has 1 aromatic carbocycles. The predicted molar refractivity (Wildman–Crippen MR) is 70.5 cm³/mol. The van der Waals surface area contributed by atoms with Crippen LogP contribution in [0.15, 0.2) is 30.6 Å². The molecule has 2 N–H and O–H groups in total. The van der Waals surface area contributed by atoms with Gasteiger partial charge in [0.1, 0.15) is 5.75 Å². The summed E-state index contributed by atoms with van der Waals surface area (Å²) in [5.74, 6) is 0.257. The Morgan fingerprint density at radius 1 is 1.47 bits per heavy atom. The lowest BCUT2D eigenvalue weighted by atomic mass is 10.2. The summed E-state index contributed by atoms with van der Waals surface area (Å²) in [6.07, 6.45) is 3.01. The molecule has 0 saturated carbocycles. The van der Waals surface area contributed by atoms with E-state index < -0.39 is 5.97 Å². The van der Waals surface area contributed by atoms with Crippen LogP contribution in [0.5, 0.6) is 5.75 Å². The third-order valence-corrected chi connectivity index (χ3v) is 2.58. The lowest BCUT2D eigenvalue weighted by molar-refractivity contribution is 0.0526. The van der Waals surface area contributed by atoms with Crippen molar-refractivity contribution >= 4 is 11.7 Å². The van der Waals surface area contributed by atoms with Crippen LogP contribution in [0.4, 0.5) is 5.69 Å². The van der Waals surface area contributed by atoms with Crippen molar-refractivity contribution in [1.82, 2.24) is 9.78 Å². The lowest BCUT2D eigenvalue weighted by Gasteiger charge is -2.07. The monoisotopic (exact) mass is 261 g/mol. The van der Waals surface area contributed by atoms with Gasteiger partial charge < -0.3 is 15.2 Å². The number of carbonyl (C=O) groups is 1. The Labute approximate surface area is 110 Å². The third kappa shape index (κ3) is 2.67. The number of benzene rings is 1. The highest BCUT2D eigenvalue weighted by Crippen LogP contribution is 2.23. The van der Waals surface area contributed by atoms with E-state index in [-0.39, 0.29) is 0 Å². The topological polar surface area (TPSA) is 79.4 Å². The Hall–Kier alpha value is -2.50. The molecule has 1 aromatic heterocycles. The van der Waals surface area contributed by atoms with Gasteiger partial charge in [0.25, 0.3) is 0 Å². The van der Waals surface area contributed by atoms with E-state index in [2.05, 4.69) is 5.10 Å². The molecule has 0 aliphatic heterocycles. The number of anilines is 1. The van der Waals surface area contributed by atoms with Gasteiger partial charge in [-0.25, -0.2) is 9.48 Å². The highest BCUT2D eigenvalue weighted by molar-refractivity contribution is 5.88. The molecule has 0 spiro atoms. The second-order valence-corrected chi connectivity index (χ2v) is 3.82. The standard InChI is InChI=1S/C13H15N3O3/c1-3-19-13(17)9-7-15-16(8-9)12-6-10(18-2)4-5-11(12)14/h4-8H,3,14H2,1-2H3. The molecule has 6 nitrogen and oxygen atoms in total. The molecule has 0 amide bonds. The summed E-state index contributed by atoms with van der Waals surface area (Å²) in [6, 6.07) is 5.23. The van der Waals surface area contributed by atoms with Crippen molar-refractivity contribution < 1.29 is 14.3 Å². The number of nitrogens with zero attached hydrogens (tertiary/aromatic N) is 2. The number of aromatic nitrogens is 2. The van der Waals surface area contributed by atoms with Gasteiger partial charge in [0.15, 0.2) is 0 Å². The first-order valence-corrected chi connectivity index (χ1v) is 5.81. The largest absolute Gasteiger partial charge is 0.497 e. The number of ether oxygens (including phenoxy) is 2. The summed E-state index contributed by atoms with van der Waals surface area (Å²) in [5, 5.41) is 4.11. The number of methoxy groups -OCH3 is 1. The van der Waals surface area contributed by atoms with Crippen molar-refractivity contribution in [3.8, 4) is 11.4 Å². The minimum absolute atomic E-state index is 0.325. The average molecular weight is 261 g/mol. The minimum Gasteiger partial charge on any atom is -0.497 e. The first-order valence-electron chi connectivity index (χ1n) is 5.81. The van der Waals surface area contributed by atoms with Crippen LogP contribution in [-0.2, 0) is 4.74 Å². The van der Waals surface area contributed by atoms with Crippen LogP contribution in [0, 0.1) is 0 Å². The maximum absolute atomic E-state index is 11.6. The lowest BCUT2D eigenvalue weighted by Crippen LogP contribution is -2.04. The first kappa shape index (κ1) is 12.9. The molecule has 0 aliphatic carbocycles. The molecular weight excluding hydrogens is 246 g/mol. The molecule has 0 radical (unpaired) electrons. The second-order valence-electron chi connectivity index (χ2n) is 3.82. The van der Waals surface area contributed by atoms with Crippen molar-refractivity contribution in [3.63, 3.8) is 0 Å². The zero-order valence-corrected chi connectivity index (χ0v) is 10.8. The van der Waals surface area contributed by atoms with E-state index in [0.29, 0.717) is 29.3 Å². The molecule has 0 bridgehead atoms. The van der Waals surface area contributed by atoms with Gasteiger partial charge in [-0.2, -0.15) is 5.10 Å². The van der Waals surface area contributed by atoms with Gasteiger partial charge in [0, 0.05) is 12.3 Å². The number of esters is 1. The molecule has 19 heavy (non-hydrogen) atoms. The second kappa shape index (κ2) is 5.43. The smallest absolute Gasteiger partial charge is 0.341 e. The summed E-state index contributed by atoms with van der Waals surface area (Å²) in [7, 11) is 1.57. The number of carbonyl (C=O) groups excluding carboxylic acids is 1. The van der Waals surface area contributed by atoms with Crippen LogP contribution in [0.25, 0.3) is 5.69 Å². The van der Waals surface area contributed by atoms with Crippen LogP contribution in [0.2, 0.25) is 0 Å². The van der Waals surface area contributed by atoms with Crippen molar-refractivity contribution in [2.45, 2.75) is 6.92 Å². The zero-order chi connectivity index (χ0) is 13.8. The molecule has 100 valence electrons. The summed E-state index contributed by atoms with van der Waals surface area (Å²) in [4.78, 5) is 11.6. The van der Waals surface area contributed by atoms with Crippen LogP contribution in [-0.4, -0.2) is 29.5 Å². The number of nitrogen functional groups attached to an aromatic ring is 1. The number of nitrogens with two attached hydrogens (primary N) is 1. The van der Waals surface area contributed by atoms with Crippen LogP contribution < -0.4 is 10.5 Å². The van der Waals surface area contributed by atoms with Gasteiger partial charge in [-0.15, -0.1) is 0 Å². The molecule has 0 aliphatic rings. The van der Waals surface area contributed by atoms with Crippen molar-refractivity contribution in [2.24, 2.45) is 0 Å². The van der Waals surface area contributed by atoms with E-state index in [9.17, 15) is 4.79 Å². The van der Waals surface area contributed by atoms with Gasteiger partial charge in [-0.05, 0) is 19.1 Å². The Balaban J connectivity index is 2.34. The SMILES string of the molecule is CCOC(=O)c1cnn(-c2cc(OC)ccc2N)c1. The summed E-state index contributed by atoms with van der Waals surface area (Å²) in [6.45, 7) is 2.08. The molecule has 0 fully saturated rings. The Kier molecular flexibility index (Phi) is 3.70. The Bertz CT molecular complexity index is 593. The molecule has 0 saturated heterocycles. The Morgan fingerprint density at radius 3 is 2.95 bits per heavy atom. The zero-order valence-electron chi connectivity index (χ0n) is 10.8. The maximum atomic E-state index is 11.6. The van der Waals surface area contributed by atoms with E-state index in [1.54, 1.807) is 38.4 Å². The molecule has 2 rings (SSSR count). The van der Waals surface area contributed by atoms with Crippen LogP contribution in [0.3, 0.4) is 0 Å². The van der Waals surface area contributed by atoms with Gasteiger partial charge >= 0.3 is 5.97 Å². The third-order valence-electron chi connectivity index (χ3n) is 2.58. The molecule has 6 heteroatoms. The minimum atomic E-state index is -0.407. The van der Waals surface area contributed by atoms with Crippen molar-refractivity contribution in [1.29, 1.82) is 0 Å². The van der Waals surface area contributed by atoms with Gasteiger partial charge in [0.05, 0.1) is 36.9 Å². The highest BCUT2D eigenvalue weighted by Gasteiger charge is 2.12. The van der Waals surface area contributed by atoms with Gasteiger partial charge in [-0.3, -0.25) is 0 Å². The molecule has 2 aromatic rings. The Morgan fingerprint density at radius 2 is 2.26 bits per heavy atom. The van der Waals surface area contributed by atoms with E-state index in [4.69, 9.17) is 15.2 Å². The molecule has 0 atom stereocenters. The van der Waals surface area contributed by atoms with Gasteiger partial charge in [-0.1, -0.05) is 0 Å². The van der Waals surface area contributed by atoms with E-state index in [1.165, 1.54) is 10.9 Å². The molecule has 0 unspecified atom stereocenters. The van der Waals surface area contributed by atoms with Crippen molar-refractivity contribution in [3.05, 3.63) is 36.2 Å². The van der Waals surface area contributed by atoms with Crippen molar-refractivity contribution in [2.75, 3.05) is 19.5 Å². The molecule has 1 heterocycles. The fourth-order valence-corrected chi connectivity index (χ4v) is 1.62. The fourth-order valence-electron chi connectivity index (χ4n) is 1.62. The van der Waals surface area contributed by atoms with E-state index >= 15 is 0 Å². The number of hydrogen-bond donors (Lipinski definition) is 1. The quantitative estimate of drug-likeness (QED) is 0.668. The predicted octanol–water partition coefficient (Wildman–Crippen LogP) is 1.64.